The minimum Gasteiger partial charge on any atom is -0.348 e. The Bertz CT molecular complexity index is 708. The maximum Gasteiger partial charge on any atom is 0.272 e. The Morgan fingerprint density at radius 1 is 1.40 bits per heavy atom. The second-order valence-electron chi connectivity index (χ2n) is 5.31. The fraction of sp³-hybridized carbons (Fsp3) is 0.400. The summed E-state index contributed by atoms with van der Waals surface area (Å²) in [5.41, 5.74) is 0.0229. The molecule has 1 aromatic carbocycles. The highest BCUT2D eigenvalue weighted by Gasteiger charge is 2.37. The molecule has 5 heteroatoms. The lowest BCUT2D eigenvalue weighted by atomic mass is 10.1. The number of nitrogens with one attached hydrogen (secondary N) is 2. The van der Waals surface area contributed by atoms with Crippen molar-refractivity contribution >= 4 is 16.7 Å². The summed E-state index contributed by atoms with van der Waals surface area (Å²) in [4.78, 5) is 24.0. The first-order valence-corrected chi connectivity index (χ1v) is 6.99. The highest BCUT2D eigenvalue weighted by Crippen LogP contribution is 2.34. The Labute approximate surface area is 116 Å². The molecule has 1 amide bonds. The van der Waals surface area contributed by atoms with Gasteiger partial charge in [-0.1, -0.05) is 31.5 Å². The van der Waals surface area contributed by atoms with Gasteiger partial charge in [0.25, 0.3) is 11.5 Å². The smallest absolute Gasteiger partial charge is 0.272 e. The molecule has 5 nitrogen and oxygen atoms in total. The summed E-state index contributed by atoms with van der Waals surface area (Å²) >= 11 is 0. The first-order chi connectivity index (χ1) is 9.70. The van der Waals surface area contributed by atoms with Crippen molar-refractivity contribution in [3.8, 4) is 0 Å². The largest absolute Gasteiger partial charge is 0.348 e. The van der Waals surface area contributed by atoms with Crippen LogP contribution in [0.3, 0.4) is 0 Å². The fourth-order valence-electron chi connectivity index (χ4n) is 2.64. The van der Waals surface area contributed by atoms with E-state index in [4.69, 9.17) is 0 Å². The molecule has 1 aliphatic rings. The number of hydrogen-bond acceptors (Lipinski definition) is 3. The average Bonchev–Trinajstić information content (AvgIpc) is 3.17. The zero-order valence-corrected chi connectivity index (χ0v) is 11.3. The molecule has 1 heterocycles. The van der Waals surface area contributed by atoms with E-state index in [-0.39, 0.29) is 17.5 Å². The summed E-state index contributed by atoms with van der Waals surface area (Å²) in [5, 5.41) is 10.4. The average molecular weight is 271 g/mol. The van der Waals surface area contributed by atoms with Gasteiger partial charge in [-0.2, -0.15) is 5.10 Å². The number of aromatic nitrogens is 2. The summed E-state index contributed by atoms with van der Waals surface area (Å²) in [5.74, 6) is 0.388. The van der Waals surface area contributed by atoms with Crippen molar-refractivity contribution in [3.05, 3.63) is 40.3 Å². The van der Waals surface area contributed by atoms with Crippen molar-refractivity contribution in [2.45, 2.75) is 32.2 Å². The van der Waals surface area contributed by atoms with Crippen molar-refractivity contribution in [2.75, 3.05) is 0 Å². The van der Waals surface area contributed by atoms with Gasteiger partial charge in [0, 0.05) is 11.4 Å². The first-order valence-electron chi connectivity index (χ1n) is 6.99. The summed E-state index contributed by atoms with van der Waals surface area (Å²) in [6.07, 6.45) is 3.32. The molecule has 0 aliphatic heterocycles. The third kappa shape index (κ3) is 2.31. The molecule has 0 spiro atoms. The zero-order valence-electron chi connectivity index (χ0n) is 11.3. The predicted molar refractivity (Wildman–Crippen MR) is 76.6 cm³/mol. The van der Waals surface area contributed by atoms with E-state index in [1.165, 1.54) is 0 Å². The normalized spacial score (nSPS) is 20.9. The van der Waals surface area contributed by atoms with Crippen LogP contribution in [0.1, 0.15) is 36.7 Å². The number of rotatable bonds is 4. The molecule has 2 unspecified atom stereocenters. The molecule has 1 saturated carbocycles. The predicted octanol–water partition coefficient (Wildman–Crippen LogP) is 1.84. The summed E-state index contributed by atoms with van der Waals surface area (Å²) in [6.45, 7) is 2.15. The van der Waals surface area contributed by atoms with Crippen LogP contribution in [0.5, 0.6) is 0 Å². The van der Waals surface area contributed by atoms with Crippen molar-refractivity contribution in [3.63, 3.8) is 0 Å². The molecule has 3 rings (SSSR count). The number of hydrogen-bond donors (Lipinski definition) is 2. The summed E-state index contributed by atoms with van der Waals surface area (Å²) < 4.78 is 0. The lowest BCUT2D eigenvalue weighted by Gasteiger charge is -2.06. The highest BCUT2D eigenvalue weighted by molar-refractivity contribution is 6.04. The van der Waals surface area contributed by atoms with Gasteiger partial charge < -0.3 is 5.32 Å². The third-order valence-electron chi connectivity index (χ3n) is 3.81. The standard InChI is InChI=1S/C15H17N3O2/c1-2-5-9-8-12(9)16-15(20)13-10-6-3-4-7-11(10)14(19)18-17-13/h3-4,6-7,9,12H,2,5,8H2,1H3,(H,16,20)(H,18,19). The van der Waals surface area contributed by atoms with Gasteiger partial charge in [-0.3, -0.25) is 9.59 Å². The lowest BCUT2D eigenvalue weighted by molar-refractivity contribution is 0.0944. The van der Waals surface area contributed by atoms with Crippen molar-refractivity contribution in [2.24, 2.45) is 5.92 Å². The Morgan fingerprint density at radius 2 is 2.15 bits per heavy atom. The highest BCUT2D eigenvalue weighted by atomic mass is 16.2. The second kappa shape index (κ2) is 5.07. The Balaban J connectivity index is 1.86. The molecular formula is C15H17N3O2. The Hall–Kier alpha value is -2.17. The number of amides is 1. The van der Waals surface area contributed by atoms with E-state index < -0.39 is 0 Å². The fourth-order valence-corrected chi connectivity index (χ4v) is 2.64. The van der Waals surface area contributed by atoms with Crippen LogP contribution >= 0.6 is 0 Å². The van der Waals surface area contributed by atoms with Crippen molar-refractivity contribution < 1.29 is 4.79 Å². The molecule has 2 N–H and O–H groups in total. The van der Waals surface area contributed by atoms with Crippen LogP contribution in [-0.2, 0) is 0 Å². The molecule has 1 aromatic heterocycles. The molecule has 0 saturated heterocycles. The van der Waals surface area contributed by atoms with Crippen LogP contribution in [0.2, 0.25) is 0 Å². The lowest BCUT2D eigenvalue weighted by Crippen LogP contribution is -2.29. The van der Waals surface area contributed by atoms with Gasteiger partial charge >= 0.3 is 0 Å². The van der Waals surface area contributed by atoms with E-state index in [1.54, 1.807) is 24.3 Å². The third-order valence-corrected chi connectivity index (χ3v) is 3.81. The Kier molecular flexibility index (Phi) is 3.26. The van der Waals surface area contributed by atoms with Gasteiger partial charge in [0.1, 0.15) is 0 Å². The van der Waals surface area contributed by atoms with Gasteiger partial charge in [0.05, 0.1) is 5.39 Å². The summed E-state index contributed by atoms with van der Waals surface area (Å²) in [7, 11) is 0. The van der Waals surface area contributed by atoms with E-state index in [9.17, 15) is 9.59 Å². The van der Waals surface area contributed by atoms with Gasteiger partial charge in [-0.15, -0.1) is 0 Å². The molecule has 0 radical (unpaired) electrons. The Morgan fingerprint density at radius 3 is 2.90 bits per heavy atom. The SMILES string of the molecule is CCCC1CC1NC(=O)c1n[nH]c(=O)c2ccccc12. The molecule has 104 valence electrons. The summed E-state index contributed by atoms with van der Waals surface area (Å²) in [6, 6.07) is 7.29. The van der Waals surface area contributed by atoms with Crippen LogP contribution in [0.4, 0.5) is 0 Å². The number of aromatic amines is 1. The second-order valence-corrected chi connectivity index (χ2v) is 5.31. The van der Waals surface area contributed by atoms with Gasteiger partial charge in [-0.25, -0.2) is 5.10 Å². The minimum atomic E-state index is -0.271. The molecule has 2 atom stereocenters. The monoisotopic (exact) mass is 271 g/mol. The van der Waals surface area contributed by atoms with E-state index >= 15 is 0 Å². The number of H-pyrrole nitrogens is 1. The number of carbonyl (C=O) groups is 1. The van der Waals surface area contributed by atoms with Crippen LogP contribution in [-0.4, -0.2) is 22.1 Å². The van der Waals surface area contributed by atoms with Crippen LogP contribution in [0.15, 0.2) is 29.1 Å². The maximum atomic E-state index is 12.3. The van der Waals surface area contributed by atoms with E-state index in [0.29, 0.717) is 22.4 Å². The molecular weight excluding hydrogens is 254 g/mol. The first kappa shape index (κ1) is 12.8. The van der Waals surface area contributed by atoms with Crippen molar-refractivity contribution in [1.29, 1.82) is 0 Å². The quantitative estimate of drug-likeness (QED) is 0.891. The molecule has 1 fully saturated rings. The van der Waals surface area contributed by atoms with Crippen molar-refractivity contribution in [1.82, 2.24) is 15.5 Å². The molecule has 20 heavy (non-hydrogen) atoms. The zero-order chi connectivity index (χ0) is 14.1. The minimum absolute atomic E-state index is 0.207. The topological polar surface area (TPSA) is 74.8 Å². The van der Waals surface area contributed by atoms with Crippen LogP contribution in [0.25, 0.3) is 10.8 Å². The number of carbonyl (C=O) groups excluding carboxylic acids is 1. The van der Waals surface area contributed by atoms with E-state index in [1.807, 2.05) is 0 Å². The van der Waals surface area contributed by atoms with Gasteiger partial charge in [0.15, 0.2) is 5.69 Å². The van der Waals surface area contributed by atoms with Crippen LogP contribution < -0.4 is 10.9 Å². The van der Waals surface area contributed by atoms with Gasteiger partial charge in [0.2, 0.25) is 0 Å². The number of nitrogens with zero attached hydrogens (tertiary/aromatic N) is 1. The van der Waals surface area contributed by atoms with E-state index in [2.05, 4.69) is 22.4 Å². The number of fused-ring (bicyclic) bond motifs is 1. The van der Waals surface area contributed by atoms with Crippen LogP contribution in [0, 0.1) is 5.92 Å². The number of benzene rings is 1. The van der Waals surface area contributed by atoms with Gasteiger partial charge in [-0.05, 0) is 24.8 Å². The molecule has 1 aliphatic carbocycles. The maximum absolute atomic E-state index is 12.3. The van der Waals surface area contributed by atoms with E-state index in [0.717, 1.165) is 19.3 Å². The molecule has 2 aromatic rings. The molecule has 0 bridgehead atoms.